The van der Waals surface area contributed by atoms with Crippen LogP contribution in [0, 0.1) is 0 Å². The summed E-state index contributed by atoms with van der Waals surface area (Å²) in [5.74, 6) is 4.50. The summed E-state index contributed by atoms with van der Waals surface area (Å²) >= 11 is 0. The fraction of sp³-hybridized carbons (Fsp3) is 0.0606. The van der Waals surface area contributed by atoms with Gasteiger partial charge in [-0.2, -0.15) is 0 Å². The van der Waals surface area contributed by atoms with E-state index in [2.05, 4.69) is 64.1 Å². The van der Waals surface area contributed by atoms with E-state index < -0.39 is 0 Å². The SMILES string of the molecule is O=C(c1cc(C2=CPCC=C2)cc(-c2cccnc2)c1)c1cc(C2=CC=CPC2)cc(-c2cccnc2)c1. The highest BCUT2D eigenvalue weighted by molar-refractivity contribution is 7.42. The van der Waals surface area contributed by atoms with Gasteiger partial charge in [0.05, 0.1) is 0 Å². The summed E-state index contributed by atoms with van der Waals surface area (Å²) < 4.78 is 0. The van der Waals surface area contributed by atoms with Crippen LogP contribution in [0.4, 0.5) is 0 Å². The van der Waals surface area contributed by atoms with Crippen molar-refractivity contribution in [2.45, 2.75) is 0 Å². The minimum Gasteiger partial charge on any atom is -0.289 e. The van der Waals surface area contributed by atoms with Crippen LogP contribution in [-0.4, -0.2) is 28.1 Å². The molecule has 0 N–H and O–H groups in total. The molecule has 0 saturated heterocycles. The number of hydrogen-bond donors (Lipinski definition) is 0. The zero-order chi connectivity index (χ0) is 25.7. The predicted octanol–water partition coefficient (Wildman–Crippen LogP) is 8.22. The lowest BCUT2D eigenvalue weighted by Crippen LogP contribution is -2.05. The summed E-state index contributed by atoms with van der Waals surface area (Å²) in [6.07, 6.45) is 18.0. The number of rotatable bonds is 6. The average Bonchev–Trinajstić information content (AvgIpc) is 3.02. The molecule has 0 aliphatic carbocycles. The summed E-state index contributed by atoms with van der Waals surface area (Å²) in [6, 6.07) is 20.4. The number of allylic oxidation sites excluding steroid dienone is 6. The molecular weight excluding hydrogens is 502 g/mol. The molecule has 2 aliphatic rings. The van der Waals surface area contributed by atoms with Crippen LogP contribution in [0.3, 0.4) is 0 Å². The average molecular weight is 529 g/mol. The van der Waals surface area contributed by atoms with Gasteiger partial charge in [0.15, 0.2) is 5.78 Å². The zero-order valence-corrected chi connectivity index (χ0v) is 22.8. The summed E-state index contributed by atoms with van der Waals surface area (Å²) in [6.45, 7) is 0. The van der Waals surface area contributed by atoms with Gasteiger partial charge >= 0.3 is 0 Å². The molecule has 0 bridgehead atoms. The third-order valence-corrected chi connectivity index (χ3v) is 8.68. The van der Waals surface area contributed by atoms with E-state index in [1.807, 2.05) is 54.9 Å². The molecule has 3 nitrogen and oxygen atoms in total. The highest BCUT2D eigenvalue weighted by Gasteiger charge is 2.17. The Morgan fingerprint density at radius 1 is 0.737 bits per heavy atom. The molecule has 6 rings (SSSR count). The lowest BCUT2D eigenvalue weighted by molar-refractivity contribution is 0.103. The minimum absolute atomic E-state index is 0.0150. The Labute approximate surface area is 226 Å². The molecule has 2 aromatic carbocycles. The first-order valence-corrected chi connectivity index (χ1v) is 15.2. The van der Waals surface area contributed by atoms with E-state index in [0.29, 0.717) is 11.1 Å². The summed E-state index contributed by atoms with van der Waals surface area (Å²) in [4.78, 5) is 22.8. The highest BCUT2D eigenvalue weighted by atomic mass is 31.1. The van der Waals surface area contributed by atoms with Crippen LogP contribution in [0.1, 0.15) is 27.0 Å². The van der Waals surface area contributed by atoms with Crippen LogP contribution in [0.25, 0.3) is 33.4 Å². The van der Waals surface area contributed by atoms with Crippen molar-refractivity contribution >= 4 is 34.1 Å². The zero-order valence-electron chi connectivity index (χ0n) is 20.8. The van der Waals surface area contributed by atoms with E-state index in [9.17, 15) is 4.79 Å². The van der Waals surface area contributed by atoms with Gasteiger partial charge in [-0.15, -0.1) is 0 Å². The molecule has 0 radical (unpaired) electrons. The van der Waals surface area contributed by atoms with E-state index in [4.69, 9.17) is 0 Å². The maximum atomic E-state index is 14.2. The van der Waals surface area contributed by atoms with Crippen LogP contribution < -0.4 is 0 Å². The van der Waals surface area contributed by atoms with E-state index in [0.717, 1.165) is 62.9 Å². The van der Waals surface area contributed by atoms with Gasteiger partial charge in [-0.1, -0.05) is 65.2 Å². The molecule has 4 aromatic rings. The molecule has 4 heterocycles. The topological polar surface area (TPSA) is 42.9 Å². The summed E-state index contributed by atoms with van der Waals surface area (Å²) in [5, 5.41) is 0. The molecule has 2 atom stereocenters. The Bertz CT molecular complexity index is 1620. The van der Waals surface area contributed by atoms with E-state index in [1.165, 1.54) is 11.1 Å². The van der Waals surface area contributed by atoms with Crippen molar-refractivity contribution in [3.05, 3.63) is 144 Å². The predicted molar refractivity (Wildman–Crippen MR) is 163 cm³/mol. The smallest absolute Gasteiger partial charge is 0.193 e. The summed E-state index contributed by atoms with van der Waals surface area (Å²) in [7, 11) is 1.51. The van der Waals surface area contributed by atoms with Crippen molar-refractivity contribution in [1.29, 1.82) is 0 Å². The van der Waals surface area contributed by atoms with Gasteiger partial charge in [0.25, 0.3) is 0 Å². The van der Waals surface area contributed by atoms with Gasteiger partial charge in [-0.3, -0.25) is 14.8 Å². The molecule has 5 heteroatoms. The molecule has 0 amide bonds. The van der Waals surface area contributed by atoms with Gasteiger partial charge in [-0.25, -0.2) is 0 Å². The molecule has 2 unspecified atom stereocenters. The third kappa shape index (κ3) is 5.41. The number of pyridine rings is 2. The maximum Gasteiger partial charge on any atom is 0.193 e. The van der Waals surface area contributed by atoms with E-state index in [1.54, 1.807) is 12.4 Å². The second kappa shape index (κ2) is 11.3. The van der Waals surface area contributed by atoms with Crippen molar-refractivity contribution in [2.24, 2.45) is 0 Å². The number of carbonyl (C=O) groups is 1. The van der Waals surface area contributed by atoms with Crippen LogP contribution in [0.5, 0.6) is 0 Å². The van der Waals surface area contributed by atoms with Crippen molar-refractivity contribution in [2.75, 3.05) is 12.3 Å². The lowest BCUT2D eigenvalue weighted by Gasteiger charge is -2.15. The number of hydrogen-bond acceptors (Lipinski definition) is 3. The number of nitrogens with zero attached hydrogens (tertiary/aromatic N) is 2. The summed E-state index contributed by atoms with van der Waals surface area (Å²) in [5.41, 5.74) is 9.93. The maximum absolute atomic E-state index is 14.2. The molecule has 0 fully saturated rings. The fourth-order valence-electron chi connectivity index (χ4n) is 4.75. The first kappa shape index (κ1) is 24.6. The molecule has 0 spiro atoms. The monoisotopic (exact) mass is 528 g/mol. The second-order valence-electron chi connectivity index (χ2n) is 9.25. The molecule has 2 aromatic heterocycles. The largest absolute Gasteiger partial charge is 0.289 e. The molecule has 184 valence electrons. The molecule has 0 saturated carbocycles. The standard InChI is InChI=1S/C33H26N2OP2/c36-33(31-15-27(23-5-1-9-34-19-23)13-29(17-31)25-7-3-11-37-21-25)32-16-28(24-6-2-10-35-20-24)14-30(18-32)26-8-4-12-38-22-26/h1-11,13-20,22,37-38H,12,21H2. The van der Waals surface area contributed by atoms with Gasteiger partial charge in [-0.05, 0) is 94.3 Å². The molecule has 38 heavy (non-hydrogen) atoms. The van der Waals surface area contributed by atoms with E-state index in [-0.39, 0.29) is 5.78 Å². The van der Waals surface area contributed by atoms with Crippen molar-refractivity contribution in [3.8, 4) is 22.3 Å². The minimum atomic E-state index is 0.0150. The Balaban J connectivity index is 1.49. The van der Waals surface area contributed by atoms with Gasteiger partial charge in [0.2, 0.25) is 0 Å². The quantitative estimate of drug-likeness (QED) is 0.187. The van der Waals surface area contributed by atoms with Crippen LogP contribution in [-0.2, 0) is 0 Å². The van der Waals surface area contributed by atoms with Crippen LogP contribution in [0.15, 0.2) is 121 Å². The number of carbonyl (C=O) groups excluding carboxylic acids is 1. The van der Waals surface area contributed by atoms with E-state index >= 15 is 0 Å². The Kier molecular flexibility index (Phi) is 7.31. The lowest BCUT2D eigenvalue weighted by atomic mass is 9.90. The molecular formula is C33H26N2OP2. The van der Waals surface area contributed by atoms with Gasteiger partial charge in [0, 0.05) is 47.0 Å². The normalized spacial score (nSPS) is 15.9. The fourth-order valence-corrected chi connectivity index (χ4v) is 6.49. The Hall–Kier alpha value is -3.77. The van der Waals surface area contributed by atoms with Crippen molar-refractivity contribution in [1.82, 2.24) is 9.97 Å². The highest BCUT2D eigenvalue weighted by Crippen LogP contribution is 2.35. The second-order valence-corrected chi connectivity index (χ2v) is 11.5. The Morgan fingerprint density at radius 3 is 1.97 bits per heavy atom. The first-order valence-electron chi connectivity index (χ1n) is 12.6. The molecule has 2 aliphatic heterocycles. The van der Waals surface area contributed by atoms with Crippen LogP contribution in [0.2, 0.25) is 0 Å². The van der Waals surface area contributed by atoms with Gasteiger partial charge in [0.1, 0.15) is 0 Å². The van der Waals surface area contributed by atoms with Gasteiger partial charge < -0.3 is 0 Å². The number of ketones is 1. The number of benzene rings is 2. The van der Waals surface area contributed by atoms with Crippen molar-refractivity contribution < 1.29 is 4.79 Å². The number of aromatic nitrogens is 2. The first-order chi connectivity index (χ1) is 18.7. The third-order valence-electron chi connectivity index (χ3n) is 6.68. The van der Waals surface area contributed by atoms with Crippen molar-refractivity contribution in [3.63, 3.8) is 0 Å². The van der Waals surface area contributed by atoms with Crippen LogP contribution >= 0.6 is 17.2 Å². The Morgan fingerprint density at radius 2 is 1.39 bits per heavy atom.